The van der Waals surface area contributed by atoms with Crippen LogP contribution in [-0.4, -0.2) is 22.9 Å². The Kier molecular flexibility index (Phi) is 5.86. The average molecular weight is 358 g/mol. The fourth-order valence-electron chi connectivity index (χ4n) is 1.72. The van der Waals surface area contributed by atoms with E-state index in [-0.39, 0.29) is 17.1 Å². The Labute approximate surface area is 132 Å². The lowest BCUT2D eigenvalue weighted by molar-refractivity contribution is -0.385. The number of carbonyl (C=O) groups excluding carboxylic acids is 1. The molecule has 2 N–H and O–H groups in total. The van der Waals surface area contributed by atoms with E-state index in [0.717, 1.165) is 0 Å². The number of benzene rings is 1. The van der Waals surface area contributed by atoms with Crippen LogP contribution >= 0.6 is 15.9 Å². The van der Waals surface area contributed by atoms with Gasteiger partial charge in [-0.25, -0.2) is 0 Å². The second kappa shape index (κ2) is 7.00. The van der Waals surface area contributed by atoms with Gasteiger partial charge in [-0.15, -0.1) is 0 Å². The van der Waals surface area contributed by atoms with Crippen molar-refractivity contribution in [2.45, 2.75) is 39.7 Å². The van der Waals surface area contributed by atoms with Crippen LogP contribution in [0.25, 0.3) is 0 Å². The smallest absolute Gasteiger partial charge is 0.274 e. The molecular weight excluding hydrogens is 338 g/mol. The quantitative estimate of drug-likeness (QED) is 0.624. The molecule has 6 nitrogen and oxygen atoms in total. The summed E-state index contributed by atoms with van der Waals surface area (Å²) in [6.07, 6.45) is 0.297. The number of halogens is 1. The summed E-state index contributed by atoms with van der Waals surface area (Å²) in [7, 11) is 0. The molecule has 0 aliphatic carbocycles. The van der Waals surface area contributed by atoms with Crippen LogP contribution in [0.15, 0.2) is 16.6 Å². The SMILES string of the molecule is Cc1cc(Br)c(NC(=O)CCNC(C)(C)C)cc1[N+](=O)[O-]. The Hall–Kier alpha value is -1.47. The molecule has 0 saturated carbocycles. The van der Waals surface area contributed by atoms with Gasteiger partial charge in [-0.2, -0.15) is 0 Å². The molecule has 7 heteroatoms. The molecular formula is C14H20BrN3O3. The maximum absolute atomic E-state index is 11.9. The van der Waals surface area contributed by atoms with E-state index in [4.69, 9.17) is 0 Å². The summed E-state index contributed by atoms with van der Waals surface area (Å²) in [6, 6.07) is 3.00. The highest BCUT2D eigenvalue weighted by Gasteiger charge is 2.16. The van der Waals surface area contributed by atoms with E-state index in [0.29, 0.717) is 28.7 Å². The number of anilines is 1. The van der Waals surface area contributed by atoms with Crippen LogP contribution in [0.4, 0.5) is 11.4 Å². The molecule has 21 heavy (non-hydrogen) atoms. The summed E-state index contributed by atoms with van der Waals surface area (Å²) in [4.78, 5) is 22.3. The van der Waals surface area contributed by atoms with Crippen molar-refractivity contribution in [2.75, 3.05) is 11.9 Å². The van der Waals surface area contributed by atoms with Crippen LogP contribution in [0, 0.1) is 17.0 Å². The van der Waals surface area contributed by atoms with Crippen LogP contribution in [0.5, 0.6) is 0 Å². The molecule has 0 unspecified atom stereocenters. The van der Waals surface area contributed by atoms with Crippen molar-refractivity contribution in [3.63, 3.8) is 0 Å². The van der Waals surface area contributed by atoms with Gasteiger partial charge in [0.1, 0.15) is 0 Å². The van der Waals surface area contributed by atoms with Crippen molar-refractivity contribution in [1.29, 1.82) is 0 Å². The number of amides is 1. The number of nitrogens with zero attached hydrogens (tertiary/aromatic N) is 1. The highest BCUT2D eigenvalue weighted by Crippen LogP contribution is 2.30. The summed E-state index contributed by atoms with van der Waals surface area (Å²) < 4.78 is 0.628. The summed E-state index contributed by atoms with van der Waals surface area (Å²) in [5, 5.41) is 16.8. The molecule has 0 bridgehead atoms. The number of aryl methyl sites for hydroxylation is 1. The Morgan fingerprint density at radius 3 is 2.52 bits per heavy atom. The van der Waals surface area contributed by atoms with E-state index >= 15 is 0 Å². The summed E-state index contributed by atoms with van der Waals surface area (Å²) in [5.41, 5.74) is 0.886. The third kappa shape index (κ3) is 5.81. The predicted molar refractivity (Wildman–Crippen MR) is 86.5 cm³/mol. The summed E-state index contributed by atoms with van der Waals surface area (Å²) >= 11 is 3.31. The van der Waals surface area contributed by atoms with Gasteiger partial charge in [-0.1, -0.05) is 0 Å². The minimum absolute atomic E-state index is 0.0127. The van der Waals surface area contributed by atoms with Crippen molar-refractivity contribution in [2.24, 2.45) is 0 Å². The van der Waals surface area contributed by atoms with Crippen molar-refractivity contribution in [3.05, 3.63) is 32.3 Å². The fraction of sp³-hybridized carbons (Fsp3) is 0.500. The van der Waals surface area contributed by atoms with Crippen molar-refractivity contribution < 1.29 is 9.72 Å². The number of hydrogen-bond donors (Lipinski definition) is 2. The number of nitro benzene ring substituents is 1. The van der Waals surface area contributed by atoms with Gasteiger partial charge in [-0.3, -0.25) is 14.9 Å². The first kappa shape index (κ1) is 17.6. The molecule has 0 saturated heterocycles. The third-order valence-corrected chi connectivity index (χ3v) is 3.42. The highest BCUT2D eigenvalue weighted by atomic mass is 79.9. The van der Waals surface area contributed by atoms with Gasteiger partial charge in [0.05, 0.1) is 10.6 Å². The highest BCUT2D eigenvalue weighted by molar-refractivity contribution is 9.10. The van der Waals surface area contributed by atoms with Gasteiger partial charge >= 0.3 is 0 Å². The van der Waals surface area contributed by atoms with Crippen LogP contribution in [0.2, 0.25) is 0 Å². The largest absolute Gasteiger partial charge is 0.325 e. The number of carbonyl (C=O) groups is 1. The topological polar surface area (TPSA) is 84.3 Å². The zero-order valence-corrected chi connectivity index (χ0v) is 14.2. The molecule has 116 valence electrons. The Morgan fingerprint density at radius 2 is 2.00 bits per heavy atom. The molecule has 0 aliphatic heterocycles. The molecule has 1 rings (SSSR count). The lowest BCUT2D eigenvalue weighted by Gasteiger charge is -2.20. The maximum atomic E-state index is 11.9. The van der Waals surface area contributed by atoms with E-state index < -0.39 is 4.92 Å². The van der Waals surface area contributed by atoms with E-state index in [2.05, 4.69) is 26.6 Å². The van der Waals surface area contributed by atoms with Gasteiger partial charge in [-0.05, 0) is 49.7 Å². The van der Waals surface area contributed by atoms with Crippen LogP contribution in [0.3, 0.4) is 0 Å². The number of nitro groups is 1. The first-order valence-electron chi connectivity index (χ1n) is 6.59. The molecule has 1 aromatic carbocycles. The zero-order chi connectivity index (χ0) is 16.2. The molecule has 0 aliphatic rings. The van der Waals surface area contributed by atoms with Gasteiger partial charge in [0.25, 0.3) is 5.69 Å². The van der Waals surface area contributed by atoms with E-state index in [1.807, 2.05) is 20.8 Å². The maximum Gasteiger partial charge on any atom is 0.274 e. The molecule has 0 fully saturated rings. The third-order valence-electron chi connectivity index (χ3n) is 2.76. The Bertz CT molecular complexity index is 553. The lowest BCUT2D eigenvalue weighted by atomic mass is 10.1. The number of nitrogens with one attached hydrogen (secondary N) is 2. The van der Waals surface area contributed by atoms with Crippen LogP contribution in [0.1, 0.15) is 32.8 Å². The number of hydrogen-bond acceptors (Lipinski definition) is 4. The summed E-state index contributed by atoms with van der Waals surface area (Å²) in [6.45, 7) is 8.25. The van der Waals surface area contributed by atoms with Gasteiger partial charge < -0.3 is 10.6 Å². The van der Waals surface area contributed by atoms with Crippen molar-refractivity contribution >= 4 is 33.2 Å². The molecule has 1 amide bonds. The van der Waals surface area contributed by atoms with Gasteiger partial charge in [0.2, 0.25) is 5.91 Å². The van der Waals surface area contributed by atoms with Gasteiger partial charge in [0, 0.05) is 34.6 Å². The van der Waals surface area contributed by atoms with Crippen molar-refractivity contribution in [3.8, 4) is 0 Å². The molecule has 1 aromatic rings. The average Bonchev–Trinajstić information content (AvgIpc) is 2.30. The van der Waals surface area contributed by atoms with Crippen LogP contribution in [-0.2, 0) is 4.79 Å². The normalized spacial score (nSPS) is 11.3. The summed E-state index contributed by atoms with van der Waals surface area (Å²) in [5.74, 6) is -0.189. The Balaban J connectivity index is 2.72. The van der Waals surface area contributed by atoms with Gasteiger partial charge in [0.15, 0.2) is 0 Å². The monoisotopic (exact) mass is 357 g/mol. The minimum atomic E-state index is -0.460. The Morgan fingerprint density at radius 1 is 1.38 bits per heavy atom. The first-order valence-corrected chi connectivity index (χ1v) is 7.39. The molecule has 0 atom stereocenters. The molecule has 0 spiro atoms. The molecule has 0 heterocycles. The molecule has 0 radical (unpaired) electrons. The number of rotatable bonds is 5. The minimum Gasteiger partial charge on any atom is -0.325 e. The van der Waals surface area contributed by atoms with E-state index in [1.54, 1.807) is 13.0 Å². The lowest BCUT2D eigenvalue weighted by Crippen LogP contribution is -2.37. The van der Waals surface area contributed by atoms with E-state index in [1.165, 1.54) is 6.07 Å². The second-order valence-corrected chi connectivity index (χ2v) is 6.70. The van der Waals surface area contributed by atoms with Crippen molar-refractivity contribution in [1.82, 2.24) is 5.32 Å². The standard InChI is InChI=1S/C14H20BrN3O3/c1-9-7-10(15)11(8-12(9)18(20)21)17-13(19)5-6-16-14(2,3)4/h7-8,16H,5-6H2,1-4H3,(H,17,19). The second-order valence-electron chi connectivity index (χ2n) is 5.85. The van der Waals surface area contributed by atoms with E-state index in [9.17, 15) is 14.9 Å². The predicted octanol–water partition coefficient (Wildman–Crippen LogP) is 3.38. The first-order chi connectivity index (χ1) is 9.60. The fourth-order valence-corrected chi connectivity index (χ4v) is 2.27. The van der Waals surface area contributed by atoms with Crippen LogP contribution < -0.4 is 10.6 Å². The molecule has 0 aromatic heterocycles. The zero-order valence-electron chi connectivity index (χ0n) is 12.6.